The molecule has 4 heterocycles. The molecule has 2 bridgehead atoms. The second-order valence-electron chi connectivity index (χ2n) is 7.19. The van der Waals surface area contributed by atoms with E-state index in [1.54, 1.807) is 0 Å². The van der Waals surface area contributed by atoms with Crippen LogP contribution in [0.1, 0.15) is 46.5 Å². The Morgan fingerprint density at radius 2 is 1.90 bits per heavy atom. The molecule has 1 spiro atoms. The molecule has 0 radical (unpaired) electrons. The van der Waals surface area contributed by atoms with Crippen molar-refractivity contribution in [2.24, 2.45) is 17.8 Å². The lowest BCUT2D eigenvalue weighted by Crippen LogP contribution is -2.61. The molecule has 0 N–H and O–H groups in total. The Kier molecular flexibility index (Phi) is 2.44. The van der Waals surface area contributed by atoms with E-state index in [1.807, 2.05) is 13.8 Å². The molecule has 0 amide bonds. The lowest BCUT2D eigenvalue weighted by molar-refractivity contribution is -0.541. The molecular weight excluding hydrogens is 258 g/mol. The molecule has 4 aliphatic heterocycles. The van der Waals surface area contributed by atoms with Gasteiger partial charge in [0.25, 0.3) is 0 Å². The largest absolute Gasteiger partial charge is 0.328 e. The first-order valence-electron chi connectivity index (χ1n) is 7.57. The Bertz CT molecular complexity index is 491. The van der Waals surface area contributed by atoms with Crippen molar-refractivity contribution in [2.45, 2.75) is 69.7 Å². The van der Waals surface area contributed by atoms with E-state index in [-0.39, 0.29) is 5.92 Å². The predicted molar refractivity (Wildman–Crippen MR) is 67.9 cm³/mol. The summed E-state index contributed by atoms with van der Waals surface area (Å²) in [6, 6.07) is 2.34. The molecule has 5 fully saturated rings. The Morgan fingerprint density at radius 1 is 1.10 bits per heavy atom. The number of hydrogen-bond acceptors (Lipinski definition) is 5. The highest BCUT2D eigenvalue weighted by atomic mass is 17.3. The molecule has 20 heavy (non-hydrogen) atoms. The zero-order valence-electron chi connectivity index (χ0n) is 12.2. The minimum absolute atomic E-state index is 0.00819. The fourth-order valence-electron chi connectivity index (χ4n) is 4.82. The second-order valence-corrected chi connectivity index (χ2v) is 7.19. The third-order valence-corrected chi connectivity index (χ3v) is 5.96. The van der Waals surface area contributed by atoms with Crippen LogP contribution in [0.5, 0.6) is 0 Å². The van der Waals surface area contributed by atoms with E-state index < -0.39 is 23.3 Å². The summed E-state index contributed by atoms with van der Waals surface area (Å²) in [7, 11) is 0. The van der Waals surface area contributed by atoms with Crippen LogP contribution in [0.25, 0.3) is 0 Å². The molecule has 7 atom stereocenters. The Balaban J connectivity index is 1.86. The maximum atomic E-state index is 9.58. The van der Waals surface area contributed by atoms with E-state index in [0.29, 0.717) is 11.8 Å². The summed E-state index contributed by atoms with van der Waals surface area (Å²) in [5.41, 5.74) is -1.47. The molecule has 0 aromatic heterocycles. The molecule has 0 aromatic carbocycles. The number of nitrogens with zero attached hydrogens (tertiary/aromatic N) is 1. The minimum atomic E-state index is -0.852. The molecule has 0 aromatic rings. The molecular formula is C15H21NO4. The molecule has 5 aliphatic rings. The maximum Gasteiger partial charge on any atom is 0.201 e. The van der Waals surface area contributed by atoms with E-state index >= 15 is 0 Å². The lowest BCUT2D eigenvalue weighted by Gasteiger charge is -2.50. The quantitative estimate of drug-likeness (QED) is 0.638. The van der Waals surface area contributed by atoms with Crippen molar-refractivity contribution in [1.29, 1.82) is 5.26 Å². The first-order chi connectivity index (χ1) is 9.44. The zero-order valence-corrected chi connectivity index (χ0v) is 12.2. The van der Waals surface area contributed by atoms with Crippen LogP contribution in [0.15, 0.2) is 0 Å². The average molecular weight is 279 g/mol. The van der Waals surface area contributed by atoms with Crippen molar-refractivity contribution < 1.29 is 19.2 Å². The van der Waals surface area contributed by atoms with Gasteiger partial charge in [0.15, 0.2) is 17.5 Å². The maximum absolute atomic E-state index is 9.58. The summed E-state index contributed by atoms with van der Waals surface area (Å²) in [6.07, 6.45) is 3.33. The lowest BCUT2D eigenvalue weighted by atomic mass is 9.60. The predicted octanol–water partition coefficient (Wildman–Crippen LogP) is 2.51. The van der Waals surface area contributed by atoms with Gasteiger partial charge in [-0.1, -0.05) is 6.92 Å². The van der Waals surface area contributed by atoms with Crippen LogP contribution in [0, 0.1) is 29.1 Å². The zero-order chi connectivity index (χ0) is 14.2. The summed E-state index contributed by atoms with van der Waals surface area (Å²) in [6.45, 7) is 6.01. The van der Waals surface area contributed by atoms with Crippen LogP contribution >= 0.6 is 0 Å². The van der Waals surface area contributed by atoms with Gasteiger partial charge in [-0.2, -0.15) is 5.26 Å². The number of hydrogen-bond donors (Lipinski definition) is 0. The van der Waals surface area contributed by atoms with Gasteiger partial charge in [-0.05, 0) is 44.9 Å². The van der Waals surface area contributed by atoms with Crippen LogP contribution in [0.3, 0.4) is 0 Å². The second kappa shape index (κ2) is 3.75. The van der Waals surface area contributed by atoms with Crippen LogP contribution in [0.2, 0.25) is 0 Å². The SMILES string of the molecule is C[C@@H]1CC[C@@H]2[C@]34OO[C@](C)(CC[C@@H]13)O[C@H]4O[C@]2(C)C#N. The molecule has 1 saturated carbocycles. The Morgan fingerprint density at radius 3 is 2.65 bits per heavy atom. The minimum Gasteiger partial charge on any atom is -0.328 e. The Hall–Kier alpha value is -0.670. The fourth-order valence-corrected chi connectivity index (χ4v) is 4.82. The van der Waals surface area contributed by atoms with Crippen LogP contribution in [0.4, 0.5) is 0 Å². The van der Waals surface area contributed by atoms with E-state index in [4.69, 9.17) is 19.2 Å². The molecule has 5 heteroatoms. The van der Waals surface area contributed by atoms with Crippen molar-refractivity contribution in [3.63, 3.8) is 0 Å². The van der Waals surface area contributed by atoms with Crippen molar-refractivity contribution in [3.05, 3.63) is 0 Å². The molecule has 0 unspecified atom stereocenters. The van der Waals surface area contributed by atoms with E-state index in [1.165, 1.54) is 0 Å². The monoisotopic (exact) mass is 279 g/mol. The van der Waals surface area contributed by atoms with Crippen LogP contribution in [-0.2, 0) is 19.2 Å². The van der Waals surface area contributed by atoms with Gasteiger partial charge < -0.3 is 9.47 Å². The number of rotatable bonds is 0. The van der Waals surface area contributed by atoms with Gasteiger partial charge in [-0.25, -0.2) is 9.78 Å². The van der Waals surface area contributed by atoms with Crippen molar-refractivity contribution in [2.75, 3.05) is 0 Å². The van der Waals surface area contributed by atoms with Gasteiger partial charge in [0, 0.05) is 12.3 Å². The Labute approximate surface area is 119 Å². The third-order valence-electron chi connectivity index (χ3n) is 5.96. The first kappa shape index (κ1) is 13.0. The summed E-state index contributed by atoms with van der Waals surface area (Å²) in [5.74, 6) is 0.115. The highest BCUT2D eigenvalue weighted by Gasteiger charge is 2.74. The number of ether oxygens (including phenoxy) is 2. The molecule has 5 rings (SSSR count). The summed E-state index contributed by atoms with van der Waals surface area (Å²) in [4.78, 5) is 11.6. The van der Waals surface area contributed by atoms with Crippen molar-refractivity contribution in [1.82, 2.24) is 0 Å². The fraction of sp³-hybridized carbons (Fsp3) is 0.933. The highest BCUT2D eigenvalue weighted by Crippen LogP contribution is 2.63. The topological polar surface area (TPSA) is 60.7 Å². The van der Waals surface area contributed by atoms with Gasteiger partial charge in [0.1, 0.15) is 0 Å². The highest BCUT2D eigenvalue weighted by molar-refractivity contribution is 5.20. The van der Waals surface area contributed by atoms with Gasteiger partial charge in [0.2, 0.25) is 5.79 Å². The van der Waals surface area contributed by atoms with Gasteiger partial charge >= 0.3 is 0 Å². The molecule has 5 nitrogen and oxygen atoms in total. The molecule has 1 aliphatic carbocycles. The number of nitriles is 1. The summed E-state index contributed by atoms with van der Waals surface area (Å²) >= 11 is 0. The normalized spacial score (nSPS) is 60.7. The van der Waals surface area contributed by atoms with Gasteiger partial charge in [-0.15, -0.1) is 0 Å². The smallest absolute Gasteiger partial charge is 0.201 e. The van der Waals surface area contributed by atoms with Crippen molar-refractivity contribution >= 4 is 0 Å². The summed E-state index contributed by atoms with van der Waals surface area (Å²) in [5, 5.41) is 9.58. The first-order valence-corrected chi connectivity index (χ1v) is 7.57. The van der Waals surface area contributed by atoms with Gasteiger partial charge in [-0.3, -0.25) is 0 Å². The van der Waals surface area contributed by atoms with E-state index in [2.05, 4.69) is 13.0 Å². The molecule has 4 saturated heterocycles. The average Bonchev–Trinajstić information content (AvgIpc) is 2.51. The molecule has 110 valence electrons. The van der Waals surface area contributed by atoms with Gasteiger partial charge in [0.05, 0.1) is 6.07 Å². The third kappa shape index (κ3) is 1.36. The standard InChI is InChI=1S/C15H21NO4/c1-9-4-5-11-13(2,8-16)17-12-15(11)10(9)6-7-14(3,18-12)19-20-15/h9-12H,4-7H2,1-3H3/t9-,10+,11+,12-,13-,14-,15-/m1/s1. The number of fused-ring (bicyclic) bond motifs is 2. The van der Waals surface area contributed by atoms with E-state index in [9.17, 15) is 5.26 Å². The van der Waals surface area contributed by atoms with E-state index in [0.717, 1.165) is 25.7 Å². The summed E-state index contributed by atoms with van der Waals surface area (Å²) < 4.78 is 12.1. The van der Waals surface area contributed by atoms with Crippen molar-refractivity contribution in [3.8, 4) is 6.07 Å². The van der Waals surface area contributed by atoms with Crippen LogP contribution in [-0.4, -0.2) is 23.3 Å². The van der Waals surface area contributed by atoms with Crippen LogP contribution < -0.4 is 0 Å².